The molecule has 0 bridgehead atoms. The molecule has 0 aromatic rings. The van der Waals surface area contributed by atoms with Gasteiger partial charge in [0.1, 0.15) is 19.0 Å². The van der Waals surface area contributed by atoms with Crippen LogP contribution in [0.3, 0.4) is 0 Å². The van der Waals surface area contributed by atoms with E-state index in [1.165, 1.54) is 4.90 Å². The summed E-state index contributed by atoms with van der Waals surface area (Å²) < 4.78 is 5.40. The fraction of sp³-hybridized carbons (Fsp3) is 0.750. The SMILES string of the molecule is CC(C)C(=O)NC1=NCN([C@H]2CC(O)[C@@H](CO)O2)C(=O)N1. The van der Waals surface area contributed by atoms with Gasteiger partial charge in [-0.15, -0.1) is 0 Å². The molecule has 1 unspecified atom stereocenters. The lowest BCUT2D eigenvalue weighted by molar-refractivity contribution is -0.122. The van der Waals surface area contributed by atoms with Gasteiger partial charge in [-0.1, -0.05) is 13.8 Å². The van der Waals surface area contributed by atoms with Crippen LogP contribution in [0.4, 0.5) is 4.79 Å². The summed E-state index contributed by atoms with van der Waals surface area (Å²) >= 11 is 0. The smallest absolute Gasteiger partial charge is 0.327 e. The van der Waals surface area contributed by atoms with Crippen LogP contribution >= 0.6 is 0 Å². The van der Waals surface area contributed by atoms with Crippen LogP contribution in [0.5, 0.6) is 0 Å². The molecule has 0 aromatic carbocycles. The van der Waals surface area contributed by atoms with Gasteiger partial charge in [-0.3, -0.25) is 20.3 Å². The van der Waals surface area contributed by atoms with E-state index in [1.54, 1.807) is 13.8 Å². The Hall–Kier alpha value is -1.71. The first-order valence-electron chi connectivity index (χ1n) is 6.79. The zero-order chi connectivity index (χ0) is 15.6. The second-order valence-electron chi connectivity index (χ2n) is 5.31. The molecule has 4 N–H and O–H groups in total. The molecule has 2 aliphatic rings. The number of amides is 3. The maximum atomic E-state index is 12.0. The Balaban J connectivity index is 1.96. The van der Waals surface area contributed by atoms with E-state index in [0.29, 0.717) is 0 Å². The van der Waals surface area contributed by atoms with Gasteiger partial charge in [0.2, 0.25) is 11.9 Å². The maximum Gasteiger partial charge on any atom is 0.327 e. The van der Waals surface area contributed by atoms with E-state index in [-0.39, 0.29) is 37.5 Å². The van der Waals surface area contributed by atoms with Crippen molar-refractivity contribution in [2.75, 3.05) is 13.3 Å². The first kappa shape index (κ1) is 15.7. The Labute approximate surface area is 122 Å². The number of urea groups is 1. The summed E-state index contributed by atoms with van der Waals surface area (Å²) in [5.74, 6) is -0.358. The molecule has 9 heteroatoms. The molecule has 0 saturated carbocycles. The molecule has 0 aromatic heterocycles. The quantitative estimate of drug-likeness (QED) is 0.508. The summed E-state index contributed by atoms with van der Waals surface area (Å²) in [5, 5.41) is 23.7. The van der Waals surface area contributed by atoms with Gasteiger partial charge in [0.05, 0.1) is 12.7 Å². The van der Waals surface area contributed by atoms with Crippen molar-refractivity contribution in [3.8, 4) is 0 Å². The second-order valence-corrected chi connectivity index (χ2v) is 5.31. The summed E-state index contributed by atoms with van der Waals surface area (Å²) in [6.45, 7) is 3.16. The Morgan fingerprint density at radius 2 is 2.33 bits per heavy atom. The van der Waals surface area contributed by atoms with Crippen LogP contribution in [0.15, 0.2) is 4.99 Å². The normalized spacial score (nSPS) is 29.4. The highest BCUT2D eigenvalue weighted by Crippen LogP contribution is 2.23. The molecule has 2 heterocycles. The first-order valence-corrected chi connectivity index (χ1v) is 6.79. The fourth-order valence-electron chi connectivity index (χ4n) is 2.05. The molecule has 1 saturated heterocycles. The topological polar surface area (TPSA) is 123 Å². The average molecular weight is 300 g/mol. The number of hydrogen-bond donors (Lipinski definition) is 4. The van der Waals surface area contributed by atoms with Crippen LogP contribution in [0.2, 0.25) is 0 Å². The molecular formula is C12H20N4O5. The van der Waals surface area contributed by atoms with Crippen LogP contribution in [0.25, 0.3) is 0 Å². The third-order valence-electron chi connectivity index (χ3n) is 3.37. The van der Waals surface area contributed by atoms with Gasteiger partial charge in [0.25, 0.3) is 0 Å². The highest BCUT2D eigenvalue weighted by molar-refractivity contribution is 6.05. The zero-order valence-corrected chi connectivity index (χ0v) is 11.9. The number of guanidine groups is 1. The molecule has 9 nitrogen and oxygen atoms in total. The third-order valence-corrected chi connectivity index (χ3v) is 3.37. The van der Waals surface area contributed by atoms with Crippen molar-refractivity contribution >= 4 is 17.9 Å². The van der Waals surface area contributed by atoms with Crippen molar-refractivity contribution in [3.05, 3.63) is 0 Å². The molecule has 0 aliphatic carbocycles. The lowest BCUT2D eigenvalue weighted by Crippen LogP contribution is -2.56. The van der Waals surface area contributed by atoms with E-state index in [4.69, 9.17) is 9.84 Å². The molecule has 0 radical (unpaired) electrons. The van der Waals surface area contributed by atoms with Gasteiger partial charge >= 0.3 is 6.03 Å². The molecule has 1 fully saturated rings. The van der Waals surface area contributed by atoms with E-state index in [1.807, 2.05) is 0 Å². The zero-order valence-electron chi connectivity index (χ0n) is 11.9. The Bertz CT molecular complexity index is 453. The highest BCUT2D eigenvalue weighted by atomic mass is 16.5. The minimum atomic E-state index is -0.821. The maximum absolute atomic E-state index is 12.0. The Morgan fingerprint density at radius 1 is 1.62 bits per heavy atom. The number of carbonyl (C=O) groups excluding carboxylic acids is 2. The molecule has 2 aliphatic heterocycles. The van der Waals surface area contributed by atoms with E-state index in [0.717, 1.165) is 0 Å². The average Bonchev–Trinajstić information content (AvgIpc) is 2.79. The highest BCUT2D eigenvalue weighted by Gasteiger charge is 2.39. The van der Waals surface area contributed by atoms with Crippen LogP contribution in [0.1, 0.15) is 20.3 Å². The van der Waals surface area contributed by atoms with Crippen molar-refractivity contribution in [1.82, 2.24) is 15.5 Å². The molecule has 2 rings (SSSR count). The van der Waals surface area contributed by atoms with Crippen LogP contribution < -0.4 is 10.6 Å². The van der Waals surface area contributed by atoms with E-state index in [2.05, 4.69) is 15.6 Å². The van der Waals surface area contributed by atoms with Gasteiger partial charge in [-0.2, -0.15) is 0 Å². The number of nitrogens with one attached hydrogen (secondary N) is 2. The van der Waals surface area contributed by atoms with Crippen molar-refractivity contribution in [2.24, 2.45) is 10.9 Å². The van der Waals surface area contributed by atoms with Crippen molar-refractivity contribution in [1.29, 1.82) is 0 Å². The second kappa shape index (κ2) is 6.37. The van der Waals surface area contributed by atoms with Gasteiger partial charge in [-0.25, -0.2) is 9.79 Å². The van der Waals surface area contributed by atoms with Crippen LogP contribution in [0, 0.1) is 5.92 Å². The molecular weight excluding hydrogens is 280 g/mol. The summed E-state index contributed by atoms with van der Waals surface area (Å²) in [6, 6.07) is -0.472. The van der Waals surface area contributed by atoms with Crippen LogP contribution in [-0.2, 0) is 9.53 Å². The summed E-state index contributed by atoms with van der Waals surface area (Å²) in [7, 11) is 0. The number of aliphatic hydroxyl groups is 2. The Morgan fingerprint density at radius 3 is 2.86 bits per heavy atom. The predicted octanol–water partition coefficient (Wildman–Crippen LogP) is -1.43. The third kappa shape index (κ3) is 3.49. The minimum absolute atomic E-state index is 0.00901. The number of carbonyl (C=O) groups is 2. The number of aliphatic hydroxyl groups excluding tert-OH is 2. The fourth-order valence-corrected chi connectivity index (χ4v) is 2.05. The van der Waals surface area contributed by atoms with Crippen molar-refractivity contribution in [3.63, 3.8) is 0 Å². The van der Waals surface area contributed by atoms with Crippen molar-refractivity contribution in [2.45, 2.75) is 38.7 Å². The van der Waals surface area contributed by atoms with E-state index >= 15 is 0 Å². The number of nitrogens with zero attached hydrogens (tertiary/aromatic N) is 2. The molecule has 0 spiro atoms. The number of aliphatic imine (C=N–C) groups is 1. The predicted molar refractivity (Wildman–Crippen MR) is 72.0 cm³/mol. The number of rotatable bonds is 3. The van der Waals surface area contributed by atoms with Crippen LogP contribution in [-0.4, -0.2) is 64.7 Å². The van der Waals surface area contributed by atoms with Gasteiger partial charge in [0, 0.05) is 12.3 Å². The first-order chi connectivity index (χ1) is 9.92. The molecule has 118 valence electrons. The van der Waals surface area contributed by atoms with Gasteiger partial charge < -0.3 is 14.9 Å². The Kier molecular flexibility index (Phi) is 4.76. The van der Waals surface area contributed by atoms with Gasteiger partial charge in [0.15, 0.2) is 0 Å². The summed E-state index contributed by atoms with van der Waals surface area (Å²) in [5.41, 5.74) is 0. The van der Waals surface area contributed by atoms with Gasteiger partial charge in [-0.05, 0) is 0 Å². The van der Waals surface area contributed by atoms with Crippen molar-refractivity contribution < 1.29 is 24.5 Å². The van der Waals surface area contributed by atoms with E-state index in [9.17, 15) is 14.7 Å². The molecule has 21 heavy (non-hydrogen) atoms. The molecule has 3 amide bonds. The van der Waals surface area contributed by atoms with E-state index < -0.39 is 24.5 Å². The summed E-state index contributed by atoms with van der Waals surface area (Å²) in [6.07, 6.45) is -1.96. The minimum Gasteiger partial charge on any atom is -0.394 e. The molecule has 3 atom stereocenters. The standard InChI is InChI=1S/C12H20N4O5/c1-6(2)10(19)14-11-13-5-16(12(20)15-11)9-3-7(18)8(4-17)21-9/h6-9,17-18H,3-5H2,1-2H3,(H2,13,14,15,19,20)/t7?,8-,9-/m1/s1. The largest absolute Gasteiger partial charge is 0.394 e. The number of ether oxygens (including phenoxy) is 1. The number of hydrogen-bond acceptors (Lipinski definition) is 6. The lowest BCUT2D eigenvalue weighted by atomic mass is 10.2. The monoisotopic (exact) mass is 300 g/mol. The lowest BCUT2D eigenvalue weighted by Gasteiger charge is -2.30. The summed E-state index contributed by atoms with van der Waals surface area (Å²) in [4.78, 5) is 28.9.